The van der Waals surface area contributed by atoms with E-state index in [9.17, 15) is 9.59 Å². The standard InChI is InChI=1S/C15H23N3O5/c1-3-22-8-5-9-23-13-7-4-6-12(10-13)18(17-15(16)21)11(2)14(19)20/h4,6-7,10-11H,3,5,8-9H2,1-2H3,(H,19,20)(H3,16,17,21). The molecule has 0 aromatic heterocycles. The average Bonchev–Trinajstić information content (AvgIpc) is 2.51. The molecule has 23 heavy (non-hydrogen) atoms. The lowest BCUT2D eigenvalue weighted by Crippen LogP contribution is -2.52. The zero-order chi connectivity index (χ0) is 17.2. The van der Waals surface area contributed by atoms with Gasteiger partial charge in [-0.3, -0.25) is 5.01 Å². The van der Waals surface area contributed by atoms with Gasteiger partial charge in [0.2, 0.25) is 0 Å². The van der Waals surface area contributed by atoms with Crippen LogP contribution >= 0.6 is 0 Å². The number of hydrogen-bond donors (Lipinski definition) is 3. The number of hydrogen-bond acceptors (Lipinski definition) is 5. The number of carboxylic acid groups (broad SMARTS) is 1. The molecule has 0 aliphatic heterocycles. The van der Waals surface area contributed by atoms with Gasteiger partial charge in [0.15, 0.2) is 0 Å². The molecule has 0 fully saturated rings. The van der Waals surface area contributed by atoms with E-state index in [4.69, 9.17) is 20.3 Å². The van der Waals surface area contributed by atoms with Crippen molar-refractivity contribution in [1.29, 1.82) is 0 Å². The number of carboxylic acids is 1. The number of nitrogens with one attached hydrogen (secondary N) is 1. The Hall–Kier alpha value is -2.48. The molecule has 8 nitrogen and oxygen atoms in total. The lowest BCUT2D eigenvalue weighted by molar-refractivity contribution is -0.138. The van der Waals surface area contributed by atoms with Crippen LogP contribution in [0.2, 0.25) is 0 Å². The van der Waals surface area contributed by atoms with E-state index in [2.05, 4.69) is 5.43 Å². The smallest absolute Gasteiger partial charge is 0.331 e. The quantitative estimate of drug-likeness (QED) is 0.442. The molecule has 0 aliphatic rings. The molecule has 0 heterocycles. The molecule has 1 atom stereocenters. The van der Waals surface area contributed by atoms with Crippen molar-refractivity contribution in [2.75, 3.05) is 24.8 Å². The number of ether oxygens (including phenoxy) is 2. The minimum atomic E-state index is -1.10. The lowest BCUT2D eigenvalue weighted by Gasteiger charge is -2.28. The zero-order valence-corrected chi connectivity index (χ0v) is 13.3. The van der Waals surface area contributed by atoms with Crippen LogP contribution in [0, 0.1) is 0 Å². The minimum Gasteiger partial charge on any atom is -0.493 e. The van der Waals surface area contributed by atoms with E-state index in [0.29, 0.717) is 31.3 Å². The molecule has 128 valence electrons. The number of urea groups is 1. The first kappa shape index (κ1) is 18.6. The van der Waals surface area contributed by atoms with Gasteiger partial charge in [-0.1, -0.05) is 6.07 Å². The summed E-state index contributed by atoms with van der Waals surface area (Å²) in [6.45, 7) is 5.11. The maximum Gasteiger partial charge on any atom is 0.331 e. The Morgan fingerprint density at radius 2 is 2.13 bits per heavy atom. The van der Waals surface area contributed by atoms with Gasteiger partial charge in [-0.2, -0.15) is 0 Å². The van der Waals surface area contributed by atoms with Crippen LogP contribution in [0.1, 0.15) is 20.3 Å². The number of carbonyl (C=O) groups excluding carboxylic acids is 1. The molecule has 0 spiro atoms. The molecule has 0 bridgehead atoms. The normalized spacial score (nSPS) is 11.6. The van der Waals surface area contributed by atoms with Crippen molar-refractivity contribution in [1.82, 2.24) is 5.43 Å². The lowest BCUT2D eigenvalue weighted by atomic mass is 10.2. The van der Waals surface area contributed by atoms with Crippen LogP contribution < -0.4 is 20.9 Å². The highest BCUT2D eigenvalue weighted by Gasteiger charge is 2.22. The van der Waals surface area contributed by atoms with Crippen molar-refractivity contribution in [3.05, 3.63) is 24.3 Å². The first-order valence-corrected chi connectivity index (χ1v) is 7.34. The van der Waals surface area contributed by atoms with Gasteiger partial charge in [-0.25, -0.2) is 15.0 Å². The number of nitrogens with zero attached hydrogens (tertiary/aromatic N) is 1. The fourth-order valence-corrected chi connectivity index (χ4v) is 1.83. The summed E-state index contributed by atoms with van der Waals surface area (Å²) in [5.41, 5.74) is 7.87. The van der Waals surface area contributed by atoms with Crippen LogP contribution in [-0.2, 0) is 9.53 Å². The Labute approximate surface area is 135 Å². The van der Waals surface area contributed by atoms with Gasteiger partial charge in [0.1, 0.15) is 11.8 Å². The Bertz CT molecular complexity index is 524. The second-order valence-corrected chi connectivity index (χ2v) is 4.76. The fraction of sp³-hybridized carbons (Fsp3) is 0.467. The van der Waals surface area contributed by atoms with Crippen molar-refractivity contribution in [3.8, 4) is 5.75 Å². The summed E-state index contributed by atoms with van der Waals surface area (Å²) in [5, 5.41) is 10.3. The monoisotopic (exact) mass is 325 g/mol. The molecule has 2 amide bonds. The summed E-state index contributed by atoms with van der Waals surface area (Å²) >= 11 is 0. The highest BCUT2D eigenvalue weighted by molar-refractivity contribution is 5.81. The SMILES string of the molecule is CCOCCCOc1cccc(N(NC(N)=O)C(C)C(=O)O)c1. The van der Waals surface area contributed by atoms with E-state index >= 15 is 0 Å². The summed E-state index contributed by atoms with van der Waals surface area (Å²) in [4.78, 5) is 22.3. The molecule has 1 aromatic carbocycles. The molecular formula is C15H23N3O5. The number of aliphatic carboxylic acids is 1. The highest BCUT2D eigenvalue weighted by Crippen LogP contribution is 2.22. The second-order valence-electron chi connectivity index (χ2n) is 4.76. The maximum absolute atomic E-state index is 11.2. The van der Waals surface area contributed by atoms with Crippen LogP contribution in [0.4, 0.5) is 10.5 Å². The van der Waals surface area contributed by atoms with Crippen LogP contribution in [0.3, 0.4) is 0 Å². The second kappa shape index (κ2) is 9.52. The summed E-state index contributed by atoms with van der Waals surface area (Å²) in [5.74, 6) is -0.533. The summed E-state index contributed by atoms with van der Waals surface area (Å²) in [6.07, 6.45) is 0.743. The number of nitrogens with two attached hydrogens (primary N) is 1. The van der Waals surface area contributed by atoms with Crippen molar-refractivity contribution in [3.63, 3.8) is 0 Å². The predicted molar refractivity (Wildman–Crippen MR) is 85.3 cm³/mol. The number of rotatable bonds is 10. The van der Waals surface area contributed by atoms with Gasteiger partial charge in [0, 0.05) is 25.7 Å². The summed E-state index contributed by atoms with van der Waals surface area (Å²) in [6, 6.07) is 4.91. The van der Waals surface area contributed by atoms with Gasteiger partial charge >= 0.3 is 12.0 Å². The minimum absolute atomic E-state index is 0.459. The number of anilines is 1. The number of hydrazine groups is 1. The molecule has 1 unspecified atom stereocenters. The van der Waals surface area contributed by atoms with E-state index in [1.165, 1.54) is 11.9 Å². The number of primary amides is 1. The van der Waals surface area contributed by atoms with Gasteiger partial charge in [0.05, 0.1) is 12.3 Å². The van der Waals surface area contributed by atoms with E-state index < -0.39 is 18.0 Å². The predicted octanol–water partition coefficient (Wildman–Crippen LogP) is 1.35. The number of amides is 2. The fourth-order valence-electron chi connectivity index (χ4n) is 1.83. The topological polar surface area (TPSA) is 114 Å². The van der Waals surface area contributed by atoms with Gasteiger partial charge in [0.25, 0.3) is 0 Å². The molecule has 1 rings (SSSR count). The molecule has 0 radical (unpaired) electrons. The Balaban J connectivity index is 2.77. The zero-order valence-electron chi connectivity index (χ0n) is 13.3. The molecule has 0 aliphatic carbocycles. The molecule has 4 N–H and O–H groups in total. The van der Waals surface area contributed by atoms with E-state index in [0.717, 1.165) is 6.42 Å². The maximum atomic E-state index is 11.2. The van der Waals surface area contributed by atoms with Gasteiger partial charge in [-0.15, -0.1) is 0 Å². The number of carbonyl (C=O) groups is 2. The van der Waals surface area contributed by atoms with E-state index in [1.54, 1.807) is 24.3 Å². The molecule has 0 saturated carbocycles. The van der Waals surface area contributed by atoms with E-state index in [-0.39, 0.29) is 0 Å². The Morgan fingerprint density at radius 1 is 1.39 bits per heavy atom. The van der Waals surface area contributed by atoms with Crippen LogP contribution in [0.15, 0.2) is 24.3 Å². The molecule has 1 aromatic rings. The van der Waals surface area contributed by atoms with E-state index in [1.807, 2.05) is 6.92 Å². The van der Waals surface area contributed by atoms with Crippen LogP contribution in [0.5, 0.6) is 5.75 Å². The largest absolute Gasteiger partial charge is 0.493 e. The molecule has 8 heteroatoms. The third-order valence-electron chi connectivity index (χ3n) is 2.98. The van der Waals surface area contributed by atoms with Crippen LogP contribution in [-0.4, -0.2) is 43.0 Å². The first-order valence-electron chi connectivity index (χ1n) is 7.34. The van der Waals surface area contributed by atoms with Crippen molar-refractivity contribution in [2.24, 2.45) is 5.73 Å². The highest BCUT2D eigenvalue weighted by atomic mass is 16.5. The summed E-state index contributed by atoms with van der Waals surface area (Å²) in [7, 11) is 0. The third kappa shape index (κ3) is 6.43. The summed E-state index contributed by atoms with van der Waals surface area (Å²) < 4.78 is 10.8. The van der Waals surface area contributed by atoms with Gasteiger partial charge < -0.3 is 20.3 Å². The van der Waals surface area contributed by atoms with Gasteiger partial charge in [-0.05, 0) is 26.0 Å². The number of benzene rings is 1. The van der Waals surface area contributed by atoms with Crippen LogP contribution in [0.25, 0.3) is 0 Å². The molecule has 0 saturated heterocycles. The van der Waals surface area contributed by atoms with Crippen molar-refractivity contribution >= 4 is 17.7 Å². The Morgan fingerprint density at radius 3 is 2.74 bits per heavy atom. The van der Waals surface area contributed by atoms with Crippen molar-refractivity contribution < 1.29 is 24.2 Å². The average molecular weight is 325 g/mol. The third-order valence-corrected chi connectivity index (χ3v) is 2.98. The first-order chi connectivity index (χ1) is 11.0. The Kier molecular flexibility index (Phi) is 7.69. The molecular weight excluding hydrogens is 302 g/mol. The van der Waals surface area contributed by atoms with Crippen molar-refractivity contribution in [2.45, 2.75) is 26.3 Å².